The summed E-state index contributed by atoms with van der Waals surface area (Å²) in [6.07, 6.45) is -0.368. The number of benzene rings is 2. The van der Waals surface area contributed by atoms with Gasteiger partial charge in [0.1, 0.15) is 6.10 Å². The highest BCUT2D eigenvalue weighted by atomic mass is 35.5. The summed E-state index contributed by atoms with van der Waals surface area (Å²) in [5, 5.41) is 0.720. The zero-order valence-corrected chi connectivity index (χ0v) is 12.3. The summed E-state index contributed by atoms with van der Waals surface area (Å²) >= 11 is 6.10. The van der Waals surface area contributed by atoms with Gasteiger partial charge in [-0.25, -0.2) is 0 Å². The maximum absolute atomic E-state index is 6.10. The number of ether oxygens (including phenoxy) is 3. The second-order valence-corrected chi connectivity index (χ2v) is 5.34. The molecule has 3 rings (SSSR count). The molecule has 0 amide bonds. The summed E-state index contributed by atoms with van der Waals surface area (Å²) in [5.41, 5.74) is 2.01. The van der Waals surface area contributed by atoms with E-state index in [1.807, 2.05) is 54.6 Å². The van der Waals surface area contributed by atoms with E-state index in [9.17, 15) is 0 Å². The standard InChI is InChI=1S/C17H17ClO3/c18-16-9-5-4-8-14(16)10-19-15-11-20-17(21-12-15)13-6-2-1-3-7-13/h1-9,15,17H,10-12H2. The SMILES string of the molecule is Clc1ccccc1COC1COC(c2ccccc2)OC1. The van der Waals surface area contributed by atoms with E-state index in [1.165, 1.54) is 0 Å². The summed E-state index contributed by atoms with van der Waals surface area (Å²) < 4.78 is 17.2. The lowest BCUT2D eigenvalue weighted by Crippen LogP contribution is -2.33. The fraction of sp³-hybridized carbons (Fsp3) is 0.294. The predicted molar refractivity (Wildman–Crippen MR) is 81.1 cm³/mol. The first-order chi connectivity index (χ1) is 10.3. The topological polar surface area (TPSA) is 27.7 Å². The molecule has 0 saturated carbocycles. The van der Waals surface area contributed by atoms with Crippen molar-refractivity contribution >= 4 is 11.6 Å². The van der Waals surface area contributed by atoms with E-state index >= 15 is 0 Å². The summed E-state index contributed by atoms with van der Waals surface area (Å²) in [7, 11) is 0. The highest BCUT2D eigenvalue weighted by molar-refractivity contribution is 6.31. The van der Waals surface area contributed by atoms with Gasteiger partial charge in [0.05, 0.1) is 19.8 Å². The van der Waals surface area contributed by atoms with Gasteiger partial charge in [-0.05, 0) is 11.6 Å². The molecule has 110 valence electrons. The van der Waals surface area contributed by atoms with Gasteiger partial charge in [-0.3, -0.25) is 0 Å². The van der Waals surface area contributed by atoms with E-state index in [2.05, 4.69) is 0 Å². The molecule has 0 spiro atoms. The molecule has 2 aromatic carbocycles. The van der Waals surface area contributed by atoms with E-state index in [0.29, 0.717) is 19.8 Å². The second kappa shape index (κ2) is 7.05. The molecule has 0 unspecified atom stereocenters. The van der Waals surface area contributed by atoms with Crippen molar-refractivity contribution < 1.29 is 14.2 Å². The van der Waals surface area contributed by atoms with Crippen LogP contribution in [0.2, 0.25) is 5.02 Å². The molecule has 0 atom stereocenters. The molecular formula is C17H17ClO3. The molecule has 4 heteroatoms. The van der Waals surface area contributed by atoms with E-state index in [1.54, 1.807) is 0 Å². The van der Waals surface area contributed by atoms with Crippen LogP contribution in [0, 0.1) is 0 Å². The Bertz CT molecular complexity index is 565. The van der Waals surface area contributed by atoms with Crippen LogP contribution in [0.3, 0.4) is 0 Å². The van der Waals surface area contributed by atoms with Gasteiger partial charge in [-0.15, -0.1) is 0 Å². The Balaban J connectivity index is 1.49. The van der Waals surface area contributed by atoms with Crippen molar-refractivity contribution in [2.75, 3.05) is 13.2 Å². The molecule has 1 fully saturated rings. The molecule has 21 heavy (non-hydrogen) atoms. The van der Waals surface area contributed by atoms with Gasteiger partial charge in [0.2, 0.25) is 0 Å². The van der Waals surface area contributed by atoms with Gasteiger partial charge < -0.3 is 14.2 Å². The normalized spacial score (nSPS) is 22.1. The van der Waals surface area contributed by atoms with Gasteiger partial charge in [0.25, 0.3) is 0 Å². The van der Waals surface area contributed by atoms with Crippen molar-refractivity contribution in [1.82, 2.24) is 0 Å². The van der Waals surface area contributed by atoms with Crippen LogP contribution in [0.15, 0.2) is 54.6 Å². The first-order valence-electron chi connectivity index (χ1n) is 6.96. The van der Waals surface area contributed by atoms with Crippen LogP contribution in [0.4, 0.5) is 0 Å². The average molecular weight is 305 g/mol. The van der Waals surface area contributed by atoms with Crippen LogP contribution in [0.1, 0.15) is 17.4 Å². The van der Waals surface area contributed by atoms with Crippen molar-refractivity contribution in [3.63, 3.8) is 0 Å². The molecule has 0 bridgehead atoms. The second-order valence-electron chi connectivity index (χ2n) is 4.93. The number of halogens is 1. The number of hydrogen-bond acceptors (Lipinski definition) is 3. The van der Waals surface area contributed by atoms with E-state index in [4.69, 9.17) is 25.8 Å². The van der Waals surface area contributed by atoms with Gasteiger partial charge in [-0.1, -0.05) is 60.1 Å². The first kappa shape index (κ1) is 14.5. The third-order valence-electron chi connectivity index (χ3n) is 3.37. The van der Waals surface area contributed by atoms with Crippen LogP contribution in [-0.2, 0) is 20.8 Å². The Labute approximate surface area is 129 Å². The van der Waals surface area contributed by atoms with Crippen LogP contribution >= 0.6 is 11.6 Å². The minimum Gasteiger partial charge on any atom is -0.369 e. The maximum Gasteiger partial charge on any atom is 0.184 e. The summed E-state index contributed by atoms with van der Waals surface area (Å²) in [6.45, 7) is 1.50. The quantitative estimate of drug-likeness (QED) is 0.855. The summed E-state index contributed by atoms with van der Waals surface area (Å²) in [6, 6.07) is 17.6. The molecule has 1 heterocycles. The molecular weight excluding hydrogens is 288 g/mol. The fourth-order valence-electron chi connectivity index (χ4n) is 2.21. The zero-order chi connectivity index (χ0) is 14.5. The smallest absolute Gasteiger partial charge is 0.184 e. The molecule has 2 aromatic rings. The van der Waals surface area contributed by atoms with Crippen molar-refractivity contribution in [3.8, 4) is 0 Å². The lowest BCUT2D eigenvalue weighted by molar-refractivity contribution is -0.232. The monoisotopic (exact) mass is 304 g/mol. The van der Waals surface area contributed by atoms with E-state index < -0.39 is 0 Å². The summed E-state index contributed by atoms with van der Waals surface area (Å²) in [4.78, 5) is 0. The average Bonchev–Trinajstić information content (AvgIpc) is 2.55. The van der Waals surface area contributed by atoms with E-state index in [-0.39, 0.29) is 12.4 Å². The van der Waals surface area contributed by atoms with Crippen LogP contribution in [0.25, 0.3) is 0 Å². The summed E-state index contributed by atoms with van der Waals surface area (Å²) in [5.74, 6) is 0. The third-order valence-corrected chi connectivity index (χ3v) is 3.74. The Kier molecular flexibility index (Phi) is 4.88. The molecule has 3 nitrogen and oxygen atoms in total. The van der Waals surface area contributed by atoms with Crippen molar-refractivity contribution in [2.45, 2.75) is 19.0 Å². The largest absolute Gasteiger partial charge is 0.369 e. The molecule has 0 radical (unpaired) electrons. The Morgan fingerprint density at radius 1 is 0.952 bits per heavy atom. The highest BCUT2D eigenvalue weighted by Gasteiger charge is 2.24. The van der Waals surface area contributed by atoms with Crippen molar-refractivity contribution in [3.05, 3.63) is 70.7 Å². The van der Waals surface area contributed by atoms with E-state index in [0.717, 1.165) is 16.1 Å². The third kappa shape index (κ3) is 3.83. The fourth-order valence-corrected chi connectivity index (χ4v) is 2.40. The van der Waals surface area contributed by atoms with Gasteiger partial charge in [-0.2, -0.15) is 0 Å². The minimum absolute atomic E-state index is 0.0683. The highest BCUT2D eigenvalue weighted by Crippen LogP contribution is 2.24. The van der Waals surface area contributed by atoms with Crippen LogP contribution < -0.4 is 0 Å². The molecule has 1 aliphatic rings. The molecule has 0 aliphatic carbocycles. The Hall–Kier alpha value is -1.39. The zero-order valence-electron chi connectivity index (χ0n) is 11.6. The predicted octanol–water partition coefficient (Wildman–Crippen LogP) is 3.97. The molecule has 1 aliphatic heterocycles. The number of rotatable bonds is 4. The van der Waals surface area contributed by atoms with Crippen molar-refractivity contribution in [1.29, 1.82) is 0 Å². The van der Waals surface area contributed by atoms with Crippen molar-refractivity contribution in [2.24, 2.45) is 0 Å². The Morgan fingerprint density at radius 2 is 1.62 bits per heavy atom. The lowest BCUT2D eigenvalue weighted by atomic mass is 10.2. The Morgan fingerprint density at radius 3 is 2.33 bits per heavy atom. The lowest BCUT2D eigenvalue weighted by Gasteiger charge is -2.29. The number of hydrogen-bond donors (Lipinski definition) is 0. The molecule has 0 aromatic heterocycles. The van der Waals surface area contributed by atoms with Gasteiger partial charge >= 0.3 is 0 Å². The van der Waals surface area contributed by atoms with Crippen LogP contribution in [-0.4, -0.2) is 19.3 Å². The molecule has 0 N–H and O–H groups in total. The minimum atomic E-state index is -0.300. The van der Waals surface area contributed by atoms with Gasteiger partial charge in [0.15, 0.2) is 6.29 Å². The maximum atomic E-state index is 6.10. The van der Waals surface area contributed by atoms with Crippen LogP contribution in [0.5, 0.6) is 0 Å². The van der Waals surface area contributed by atoms with Gasteiger partial charge in [0, 0.05) is 10.6 Å². The first-order valence-corrected chi connectivity index (χ1v) is 7.34. The molecule has 1 saturated heterocycles.